The average Bonchev–Trinajstić information content (AvgIpc) is 2.77. The number of ketones is 1. The first-order chi connectivity index (χ1) is 10.1. The molecule has 0 saturated carbocycles. The monoisotopic (exact) mass is 295 g/mol. The summed E-state index contributed by atoms with van der Waals surface area (Å²) >= 11 is 0. The first kappa shape index (κ1) is 14.4. The zero-order valence-electron chi connectivity index (χ0n) is 11.7. The normalized spacial score (nSPS) is 27.9. The second-order valence-corrected chi connectivity index (χ2v) is 5.98. The number of halogens is 2. The fourth-order valence-electron chi connectivity index (χ4n) is 3.50. The molecular weight excluding hydrogens is 276 g/mol. The molecule has 114 valence electrons. The van der Waals surface area contributed by atoms with Crippen molar-refractivity contribution in [1.29, 1.82) is 0 Å². The number of Topliss-reactive ketones (excluding diaryl/α,β-unsaturated/α-hetero) is 1. The van der Waals surface area contributed by atoms with E-state index in [0.29, 0.717) is 18.5 Å². The van der Waals surface area contributed by atoms with Crippen LogP contribution in [0.1, 0.15) is 31.2 Å². The number of alkyl halides is 2. The number of fused-ring (bicyclic) bond motifs is 2. The van der Waals surface area contributed by atoms with Crippen LogP contribution in [0.5, 0.6) is 5.75 Å². The lowest BCUT2D eigenvalue weighted by atomic mass is 9.86. The van der Waals surface area contributed by atoms with E-state index in [1.54, 1.807) is 12.1 Å². The Balaban J connectivity index is 1.62. The summed E-state index contributed by atoms with van der Waals surface area (Å²) in [6, 6.07) is 7.39. The predicted octanol–water partition coefficient (Wildman–Crippen LogP) is 2.93. The molecule has 0 aliphatic carbocycles. The number of carbonyl (C=O) groups excluding carboxylic acids is 1. The minimum absolute atomic E-state index is 0.100. The van der Waals surface area contributed by atoms with Gasteiger partial charge >= 0.3 is 6.61 Å². The van der Waals surface area contributed by atoms with Crippen LogP contribution in [0.3, 0.4) is 0 Å². The molecule has 2 atom stereocenters. The van der Waals surface area contributed by atoms with E-state index in [2.05, 4.69) is 10.1 Å². The third kappa shape index (κ3) is 3.59. The molecule has 1 aromatic rings. The molecule has 3 nitrogen and oxygen atoms in total. The number of carbonyl (C=O) groups is 1. The molecule has 5 heteroatoms. The predicted molar refractivity (Wildman–Crippen MR) is 74.5 cm³/mol. The standard InChI is InChI=1S/C16H19F2NO2/c17-16(18)21-14-3-1-2-10(6-14)7-15(20)11-8-12-4-5-13(9-11)19-12/h1-3,6,11-13,16,19H,4-5,7-9H2. The third-order valence-electron chi connectivity index (χ3n) is 4.43. The lowest BCUT2D eigenvalue weighted by molar-refractivity contribution is -0.123. The van der Waals surface area contributed by atoms with E-state index in [0.717, 1.165) is 31.2 Å². The number of hydrogen-bond acceptors (Lipinski definition) is 3. The molecule has 2 heterocycles. The van der Waals surface area contributed by atoms with E-state index in [1.807, 2.05) is 0 Å². The van der Waals surface area contributed by atoms with Gasteiger partial charge in [-0.3, -0.25) is 4.79 Å². The highest BCUT2D eigenvalue weighted by Crippen LogP contribution is 2.32. The number of rotatable bonds is 5. The minimum Gasteiger partial charge on any atom is -0.435 e. The Kier molecular flexibility index (Phi) is 4.19. The second-order valence-electron chi connectivity index (χ2n) is 5.98. The molecule has 2 fully saturated rings. The lowest BCUT2D eigenvalue weighted by Gasteiger charge is -2.28. The van der Waals surface area contributed by atoms with Crippen LogP contribution in [0.25, 0.3) is 0 Å². The molecule has 0 aromatic heterocycles. The van der Waals surface area contributed by atoms with Gasteiger partial charge in [0.15, 0.2) is 0 Å². The van der Waals surface area contributed by atoms with Crippen molar-refractivity contribution in [3.05, 3.63) is 29.8 Å². The first-order valence-electron chi connectivity index (χ1n) is 7.42. The molecule has 2 unspecified atom stereocenters. The summed E-state index contributed by atoms with van der Waals surface area (Å²) in [5.74, 6) is 0.423. The molecule has 2 aliphatic rings. The van der Waals surface area contributed by atoms with E-state index in [1.165, 1.54) is 12.1 Å². The quantitative estimate of drug-likeness (QED) is 0.907. The van der Waals surface area contributed by atoms with Gasteiger partial charge in [0.1, 0.15) is 11.5 Å². The van der Waals surface area contributed by atoms with E-state index < -0.39 is 6.61 Å². The lowest BCUT2D eigenvalue weighted by Crippen LogP contribution is -2.40. The minimum atomic E-state index is -2.84. The van der Waals surface area contributed by atoms with Crippen LogP contribution >= 0.6 is 0 Å². The molecule has 2 aliphatic heterocycles. The Morgan fingerprint density at radius 3 is 2.67 bits per heavy atom. The van der Waals surface area contributed by atoms with Gasteiger partial charge in [0.2, 0.25) is 0 Å². The smallest absolute Gasteiger partial charge is 0.387 e. The zero-order chi connectivity index (χ0) is 14.8. The Morgan fingerprint density at radius 1 is 1.29 bits per heavy atom. The number of ether oxygens (including phenoxy) is 1. The van der Waals surface area contributed by atoms with E-state index >= 15 is 0 Å². The van der Waals surface area contributed by atoms with Crippen LogP contribution in [0, 0.1) is 5.92 Å². The van der Waals surface area contributed by atoms with Crippen molar-refractivity contribution in [2.24, 2.45) is 5.92 Å². The zero-order valence-corrected chi connectivity index (χ0v) is 11.7. The van der Waals surface area contributed by atoms with Crippen molar-refractivity contribution >= 4 is 5.78 Å². The molecule has 0 spiro atoms. The SMILES string of the molecule is O=C(Cc1cccc(OC(F)F)c1)C1CC2CCC(C1)N2. The van der Waals surface area contributed by atoms with Gasteiger partial charge in [0.05, 0.1) is 0 Å². The van der Waals surface area contributed by atoms with Gasteiger partial charge < -0.3 is 10.1 Å². The van der Waals surface area contributed by atoms with Crippen LogP contribution in [0.2, 0.25) is 0 Å². The maximum atomic E-state index is 12.4. The van der Waals surface area contributed by atoms with E-state index in [-0.39, 0.29) is 17.5 Å². The van der Waals surface area contributed by atoms with Gasteiger partial charge in [-0.25, -0.2) is 0 Å². The molecule has 0 amide bonds. The summed E-state index contributed by atoms with van der Waals surface area (Å²) in [7, 11) is 0. The van der Waals surface area contributed by atoms with Gasteiger partial charge in [0, 0.05) is 24.4 Å². The van der Waals surface area contributed by atoms with E-state index in [9.17, 15) is 13.6 Å². The second kappa shape index (κ2) is 6.10. The van der Waals surface area contributed by atoms with Crippen LogP contribution in [-0.2, 0) is 11.2 Å². The fraction of sp³-hybridized carbons (Fsp3) is 0.562. The van der Waals surface area contributed by atoms with Gasteiger partial charge in [-0.2, -0.15) is 8.78 Å². The Labute approximate surface area is 122 Å². The Hall–Kier alpha value is -1.49. The van der Waals surface area contributed by atoms with Crippen molar-refractivity contribution in [3.63, 3.8) is 0 Å². The van der Waals surface area contributed by atoms with Crippen molar-refractivity contribution < 1.29 is 18.3 Å². The average molecular weight is 295 g/mol. The first-order valence-corrected chi connectivity index (χ1v) is 7.42. The van der Waals surface area contributed by atoms with Crippen LogP contribution in [-0.4, -0.2) is 24.5 Å². The fourth-order valence-corrected chi connectivity index (χ4v) is 3.50. The maximum absolute atomic E-state index is 12.4. The Morgan fingerprint density at radius 2 is 2.00 bits per heavy atom. The van der Waals surface area contributed by atoms with Crippen LogP contribution in [0.4, 0.5) is 8.78 Å². The highest BCUT2D eigenvalue weighted by molar-refractivity contribution is 5.83. The number of piperidine rings is 1. The summed E-state index contributed by atoms with van der Waals surface area (Å²) in [6.07, 6.45) is 4.42. The summed E-state index contributed by atoms with van der Waals surface area (Å²) in [5, 5.41) is 3.51. The molecule has 2 saturated heterocycles. The largest absolute Gasteiger partial charge is 0.435 e. The van der Waals surface area contributed by atoms with Crippen LogP contribution in [0.15, 0.2) is 24.3 Å². The summed E-state index contributed by atoms with van der Waals surface area (Å²) in [6.45, 7) is -2.84. The number of hydrogen-bond donors (Lipinski definition) is 1. The summed E-state index contributed by atoms with van der Waals surface area (Å²) in [5.41, 5.74) is 0.740. The molecular formula is C16H19F2NO2. The topological polar surface area (TPSA) is 38.3 Å². The third-order valence-corrected chi connectivity index (χ3v) is 4.43. The van der Waals surface area contributed by atoms with Crippen LogP contribution < -0.4 is 10.1 Å². The Bertz CT molecular complexity index is 509. The van der Waals surface area contributed by atoms with Crippen molar-refractivity contribution in [1.82, 2.24) is 5.32 Å². The van der Waals surface area contributed by atoms with E-state index in [4.69, 9.17) is 0 Å². The van der Waals surface area contributed by atoms with Gasteiger partial charge in [-0.05, 0) is 43.4 Å². The highest BCUT2D eigenvalue weighted by Gasteiger charge is 2.36. The van der Waals surface area contributed by atoms with Gasteiger partial charge in [-0.1, -0.05) is 12.1 Å². The maximum Gasteiger partial charge on any atom is 0.387 e. The summed E-state index contributed by atoms with van der Waals surface area (Å²) < 4.78 is 28.8. The highest BCUT2D eigenvalue weighted by atomic mass is 19.3. The van der Waals surface area contributed by atoms with Crippen molar-refractivity contribution in [2.75, 3.05) is 0 Å². The van der Waals surface area contributed by atoms with Gasteiger partial charge in [-0.15, -0.1) is 0 Å². The van der Waals surface area contributed by atoms with Gasteiger partial charge in [0.25, 0.3) is 0 Å². The molecule has 2 bridgehead atoms. The number of benzene rings is 1. The molecule has 3 rings (SSSR count). The molecule has 1 aromatic carbocycles. The molecule has 21 heavy (non-hydrogen) atoms. The van der Waals surface area contributed by atoms with Crippen molar-refractivity contribution in [2.45, 2.75) is 50.8 Å². The number of nitrogens with one attached hydrogen (secondary N) is 1. The molecule has 1 N–H and O–H groups in total. The van der Waals surface area contributed by atoms with Crippen molar-refractivity contribution in [3.8, 4) is 5.75 Å². The summed E-state index contributed by atoms with van der Waals surface area (Å²) in [4.78, 5) is 12.4. The molecule has 0 radical (unpaired) electrons.